The number of halogens is 1. The molecule has 0 saturated heterocycles. The van der Waals surface area contributed by atoms with Crippen molar-refractivity contribution in [1.82, 2.24) is 20.3 Å². The molecule has 1 aliphatic rings. The van der Waals surface area contributed by atoms with Crippen LogP contribution in [-0.2, 0) is 5.54 Å². The van der Waals surface area contributed by atoms with Crippen molar-refractivity contribution < 1.29 is 4.79 Å². The summed E-state index contributed by atoms with van der Waals surface area (Å²) in [4.78, 5) is 24.4. The maximum atomic E-state index is 12.3. The number of carbonyl (C=O) groups is 1. The number of amides is 1. The predicted molar refractivity (Wildman–Crippen MR) is 74.4 cm³/mol. The summed E-state index contributed by atoms with van der Waals surface area (Å²) < 4.78 is 0. The first-order valence-electron chi connectivity index (χ1n) is 6.33. The minimum Gasteiger partial charge on any atom is -0.341 e. The number of aryl methyl sites for hydroxylation is 1. The Bertz CT molecular complexity index is 655. The fourth-order valence-corrected chi connectivity index (χ4v) is 2.35. The Balaban J connectivity index is 1.85. The Labute approximate surface area is 121 Å². The van der Waals surface area contributed by atoms with Gasteiger partial charge in [0.15, 0.2) is 0 Å². The van der Waals surface area contributed by atoms with Crippen molar-refractivity contribution in [2.45, 2.75) is 25.3 Å². The van der Waals surface area contributed by atoms with Crippen LogP contribution < -0.4 is 5.32 Å². The summed E-state index contributed by atoms with van der Waals surface area (Å²) in [6.45, 7) is 1.73. The summed E-state index contributed by atoms with van der Waals surface area (Å²) in [7, 11) is 0. The SMILES string of the molecule is Cc1ncc(Cl)c(C(=O)NC2(c3ccncc3)CC2)n1. The molecule has 1 fully saturated rings. The number of carbonyl (C=O) groups excluding carboxylic acids is 1. The third-order valence-electron chi connectivity index (χ3n) is 3.42. The van der Waals surface area contributed by atoms with Gasteiger partial charge in [0.1, 0.15) is 11.5 Å². The summed E-state index contributed by atoms with van der Waals surface area (Å²) in [5.41, 5.74) is 0.976. The van der Waals surface area contributed by atoms with E-state index in [9.17, 15) is 4.79 Å². The van der Waals surface area contributed by atoms with E-state index in [-0.39, 0.29) is 22.2 Å². The van der Waals surface area contributed by atoms with Gasteiger partial charge in [0.2, 0.25) is 0 Å². The van der Waals surface area contributed by atoms with Crippen molar-refractivity contribution in [3.8, 4) is 0 Å². The molecule has 1 aliphatic carbocycles. The molecule has 5 nitrogen and oxygen atoms in total. The van der Waals surface area contributed by atoms with Crippen molar-refractivity contribution in [1.29, 1.82) is 0 Å². The molecule has 0 bridgehead atoms. The highest BCUT2D eigenvalue weighted by atomic mass is 35.5. The molecule has 2 heterocycles. The number of nitrogens with one attached hydrogen (secondary N) is 1. The summed E-state index contributed by atoms with van der Waals surface area (Å²) >= 11 is 5.99. The van der Waals surface area contributed by atoms with Gasteiger partial charge in [-0.25, -0.2) is 9.97 Å². The first-order valence-corrected chi connectivity index (χ1v) is 6.71. The summed E-state index contributed by atoms with van der Waals surface area (Å²) in [6, 6.07) is 3.83. The van der Waals surface area contributed by atoms with E-state index in [4.69, 9.17) is 11.6 Å². The van der Waals surface area contributed by atoms with Gasteiger partial charge in [0.05, 0.1) is 16.8 Å². The van der Waals surface area contributed by atoms with Gasteiger partial charge in [-0.15, -0.1) is 0 Å². The van der Waals surface area contributed by atoms with Crippen molar-refractivity contribution in [3.05, 3.63) is 52.8 Å². The van der Waals surface area contributed by atoms with Crippen LogP contribution in [0.15, 0.2) is 30.7 Å². The van der Waals surface area contributed by atoms with Crippen LogP contribution in [-0.4, -0.2) is 20.9 Å². The van der Waals surface area contributed by atoms with Crippen LogP contribution >= 0.6 is 11.6 Å². The van der Waals surface area contributed by atoms with E-state index in [0.29, 0.717) is 5.82 Å². The molecule has 0 atom stereocenters. The number of nitrogens with zero attached hydrogens (tertiary/aromatic N) is 3. The Morgan fingerprint density at radius 1 is 1.35 bits per heavy atom. The summed E-state index contributed by atoms with van der Waals surface area (Å²) in [6.07, 6.45) is 6.71. The number of hydrogen-bond donors (Lipinski definition) is 1. The summed E-state index contributed by atoms with van der Waals surface area (Å²) in [5.74, 6) is 0.253. The van der Waals surface area contributed by atoms with Gasteiger partial charge in [-0.3, -0.25) is 9.78 Å². The van der Waals surface area contributed by atoms with Crippen LogP contribution in [0.4, 0.5) is 0 Å². The minimum absolute atomic E-state index is 0.222. The normalized spacial score (nSPS) is 15.7. The third kappa shape index (κ3) is 2.36. The van der Waals surface area contributed by atoms with Gasteiger partial charge in [-0.1, -0.05) is 11.6 Å². The average Bonchev–Trinajstić information content (AvgIpc) is 3.23. The van der Waals surface area contributed by atoms with E-state index in [2.05, 4.69) is 20.3 Å². The van der Waals surface area contributed by atoms with Crippen LogP contribution in [0.2, 0.25) is 5.02 Å². The highest BCUT2D eigenvalue weighted by molar-refractivity contribution is 6.33. The van der Waals surface area contributed by atoms with Crippen LogP contribution in [0.3, 0.4) is 0 Å². The van der Waals surface area contributed by atoms with Crippen LogP contribution in [0.1, 0.15) is 34.7 Å². The Hall–Kier alpha value is -2.01. The third-order valence-corrected chi connectivity index (χ3v) is 3.69. The molecule has 0 aliphatic heterocycles. The fraction of sp³-hybridized carbons (Fsp3) is 0.286. The first-order chi connectivity index (χ1) is 9.61. The summed E-state index contributed by atoms with van der Waals surface area (Å²) in [5, 5.41) is 3.29. The zero-order chi connectivity index (χ0) is 14.2. The smallest absolute Gasteiger partial charge is 0.272 e. The van der Waals surface area contributed by atoms with Crippen molar-refractivity contribution in [3.63, 3.8) is 0 Å². The zero-order valence-corrected chi connectivity index (χ0v) is 11.7. The topological polar surface area (TPSA) is 67.8 Å². The van der Waals surface area contributed by atoms with E-state index in [1.165, 1.54) is 6.20 Å². The fourth-order valence-electron chi connectivity index (χ4n) is 2.17. The van der Waals surface area contributed by atoms with Crippen LogP contribution in [0.5, 0.6) is 0 Å². The first kappa shape index (κ1) is 13.0. The van der Waals surface area contributed by atoms with E-state index >= 15 is 0 Å². The Morgan fingerprint density at radius 2 is 2.05 bits per heavy atom. The second-order valence-corrected chi connectivity index (χ2v) is 5.29. The van der Waals surface area contributed by atoms with Crippen LogP contribution in [0.25, 0.3) is 0 Å². The van der Waals surface area contributed by atoms with Crippen molar-refractivity contribution in [2.24, 2.45) is 0 Å². The lowest BCUT2D eigenvalue weighted by Gasteiger charge is -2.17. The predicted octanol–water partition coefficient (Wildman–Crippen LogP) is 2.25. The monoisotopic (exact) mass is 288 g/mol. The molecule has 2 aromatic rings. The molecule has 2 aromatic heterocycles. The molecule has 102 valence electrons. The van der Waals surface area contributed by atoms with Gasteiger partial charge in [0.25, 0.3) is 5.91 Å². The number of pyridine rings is 1. The highest BCUT2D eigenvalue weighted by Gasteiger charge is 2.46. The Morgan fingerprint density at radius 3 is 2.70 bits per heavy atom. The van der Waals surface area contributed by atoms with Gasteiger partial charge in [-0.2, -0.15) is 0 Å². The molecule has 1 N–H and O–H groups in total. The molecule has 0 aromatic carbocycles. The van der Waals surface area contributed by atoms with E-state index in [1.54, 1.807) is 19.3 Å². The molecule has 1 saturated carbocycles. The van der Waals surface area contributed by atoms with Crippen molar-refractivity contribution in [2.75, 3.05) is 0 Å². The highest BCUT2D eigenvalue weighted by Crippen LogP contribution is 2.45. The van der Waals surface area contributed by atoms with E-state index in [0.717, 1.165) is 18.4 Å². The average molecular weight is 289 g/mol. The minimum atomic E-state index is -0.303. The second kappa shape index (κ2) is 4.83. The lowest BCUT2D eigenvalue weighted by Crippen LogP contribution is -2.35. The van der Waals surface area contributed by atoms with Gasteiger partial charge in [0, 0.05) is 12.4 Å². The maximum Gasteiger partial charge on any atom is 0.272 e. The molecule has 3 rings (SSSR count). The molecule has 6 heteroatoms. The maximum absolute atomic E-state index is 12.3. The molecule has 0 radical (unpaired) electrons. The lowest BCUT2D eigenvalue weighted by atomic mass is 10.1. The number of hydrogen-bond acceptors (Lipinski definition) is 4. The quantitative estimate of drug-likeness (QED) is 0.940. The molecule has 0 unspecified atom stereocenters. The number of aromatic nitrogens is 3. The number of rotatable bonds is 3. The van der Waals surface area contributed by atoms with Gasteiger partial charge in [-0.05, 0) is 37.5 Å². The second-order valence-electron chi connectivity index (χ2n) is 4.89. The zero-order valence-electron chi connectivity index (χ0n) is 10.9. The van der Waals surface area contributed by atoms with Crippen LogP contribution in [0, 0.1) is 6.92 Å². The molecular weight excluding hydrogens is 276 g/mol. The lowest BCUT2D eigenvalue weighted by molar-refractivity contribution is 0.0925. The van der Waals surface area contributed by atoms with Gasteiger partial charge < -0.3 is 5.32 Å². The molecule has 1 amide bonds. The van der Waals surface area contributed by atoms with Crippen molar-refractivity contribution >= 4 is 17.5 Å². The largest absolute Gasteiger partial charge is 0.341 e. The molecule has 20 heavy (non-hydrogen) atoms. The van der Waals surface area contributed by atoms with Gasteiger partial charge >= 0.3 is 0 Å². The molecular formula is C14H13ClN4O. The van der Waals surface area contributed by atoms with E-state index in [1.807, 2.05) is 12.1 Å². The standard InChI is InChI=1S/C14H13ClN4O/c1-9-17-8-11(15)12(18-9)13(20)19-14(4-5-14)10-2-6-16-7-3-10/h2-3,6-8H,4-5H2,1H3,(H,19,20). The molecule has 0 spiro atoms. The Kier molecular flexibility index (Phi) is 3.14. The van der Waals surface area contributed by atoms with E-state index < -0.39 is 0 Å².